The van der Waals surface area contributed by atoms with Crippen LogP contribution in [-0.4, -0.2) is 15.5 Å². The van der Waals surface area contributed by atoms with Gasteiger partial charge in [-0.3, -0.25) is 4.79 Å². The predicted octanol–water partition coefficient (Wildman–Crippen LogP) is 4.83. The Morgan fingerprint density at radius 2 is 1.55 bits per heavy atom. The van der Waals surface area contributed by atoms with Crippen molar-refractivity contribution in [2.75, 3.05) is 5.32 Å². The standard InChI is InChI=1S/C25H23N3O3/c1-28-16-15-26-24(28)18-31-23-13-11-21(12-14-23)27-25(29)20-9-7-19(8-10-20)17-30-22-5-3-2-4-6-22/h2-16H,17-18H2,1H3,(H,27,29). The van der Waals surface area contributed by atoms with Gasteiger partial charge in [0, 0.05) is 30.7 Å². The molecule has 0 saturated carbocycles. The molecule has 0 aliphatic heterocycles. The van der Waals surface area contributed by atoms with E-state index in [1.807, 2.05) is 84.5 Å². The van der Waals surface area contributed by atoms with E-state index in [-0.39, 0.29) is 5.91 Å². The third kappa shape index (κ3) is 5.51. The molecule has 1 aromatic heterocycles. The number of aryl methyl sites for hydroxylation is 1. The van der Waals surface area contributed by atoms with Crippen molar-refractivity contribution in [3.63, 3.8) is 0 Å². The quantitative estimate of drug-likeness (QED) is 0.449. The Hall–Kier alpha value is -4.06. The molecule has 0 saturated heterocycles. The predicted molar refractivity (Wildman–Crippen MR) is 119 cm³/mol. The molecule has 31 heavy (non-hydrogen) atoms. The van der Waals surface area contributed by atoms with Gasteiger partial charge >= 0.3 is 0 Å². The van der Waals surface area contributed by atoms with Crippen LogP contribution in [-0.2, 0) is 20.3 Å². The minimum Gasteiger partial charge on any atom is -0.489 e. The molecule has 0 aliphatic rings. The van der Waals surface area contributed by atoms with E-state index in [1.165, 1.54) is 0 Å². The number of hydrogen-bond acceptors (Lipinski definition) is 4. The van der Waals surface area contributed by atoms with E-state index in [9.17, 15) is 4.79 Å². The highest BCUT2D eigenvalue weighted by molar-refractivity contribution is 6.04. The van der Waals surface area contributed by atoms with Gasteiger partial charge in [0.25, 0.3) is 5.91 Å². The summed E-state index contributed by atoms with van der Waals surface area (Å²) in [4.78, 5) is 16.8. The molecule has 4 rings (SSSR count). The number of amides is 1. The highest BCUT2D eigenvalue weighted by Gasteiger charge is 2.07. The van der Waals surface area contributed by atoms with Gasteiger partial charge < -0.3 is 19.4 Å². The van der Waals surface area contributed by atoms with Crippen molar-refractivity contribution >= 4 is 11.6 Å². The second-order valence-corrected chi connectivity index (χ2v) is 7.02. The first-order chi connectivity index (χ1) is 15.2. The first-order valence-corrected chi connectivity index (χ1v) is 9.94. The molecule has 3 aromatic carbocycles. The average molecular weight is 413 g/mol. The summed E-state index contributed by atoms with van der Waals surface area (Å²) < 4.78 is 13.4. The lowest BCUT2D eigenvalue weighted by molar-refractivity contribution is 0.102. The number of rotatable bonds is 8. The molecule has 6 nitrogen and oxygen atoms in total. The average Bonchev–Trinajstić information content (AvgIpc) is 3.23. The summed E-state index contributed by atoms with van der Waals surface area (Å²) in [5, 5.41) is 2.90. The fourth-order valence-corrected chi connectivity index (χ4v) is 2.96. The molecule has 0 atom stereocenters. The van der Waals surface area contributed by atoms with Crippen molar-refractivity contribution in [2.24, 2.45) is 7.05 Å². The zero-order valence-corrected chi connectivity index (χ0v) is 17.2. The summed E-state index contributed by atoms with van der Waals surface area (Å²) in [6.07, 6.45) is 3.61. The minimum absolute atomic E-state index is 0.169. The third-order valence-corrected chi connectivity index (χ3v) is 4.77. The molecule has 1 amide bonds. The van der Waals surface area contributed by atoms with Crippen LogP contribution in [0.25, 0.3) is 0 Å². The maximum Gasteiger partial charge on any atom is 0.255 e. The van der Waals surface area contributed by atoms with Gasteiger partial charge in [-0.05, 0) is 54.1 Å². The summed E-state index contributed by atoms with van der Waals surface area (Å²) in [5.41, 5.74) is 2.28. The molecule has 0 bridgehead atoms. The number of benzene rings is 3. The van der Waals surface area contributed by atoms with Crippen molar-refractivity contribution in [1.82, 2.24) is 9.55 Å². The van der Waals surface area contributed by atoms with Gasteiger partial charge in [0.2, 0.25) is 0 Å². The molecule has 0 radical (unpaired) electrons. The number of nitrogens with one attached hydrogen (secondary N) is 1. The van der Waals surface area contributed by atoms with Crippen LogP contribution in [0.3, 0.4) is 0 Å². The largest absolute Gasteiger partial charge is 0.489 e. The van der Waals surface area contributed by atoms with Crippen molar-refractivity contribution in [3.05, 3.63) is 108 Å². The number of carbonyl (C=O) groups is 1. The highest BCUT2D eigenvalue weighted by Crippen LogP contribution is 2.18. The molecule has 0 fully saturated rings. The van der Waals surface area contributed by atoms with Gasteiger partial charge in [-0.1, -0.05) is 30.3 Å². The molecule has 0 aliphatic carbocycles. The first kappa shape index (κ1) is 20.2. The van der Waals surface area contributed by atoms with Gasteiger partial charge in [-0.2, -0.15) is 0 Å². The molecular formula is C25H23N3O3. The minimum atomic E-state index is -0.169. The summed E-state index contributed by atoms with van der Waals surface area (Å²) in [5.74, 6) is 2.20. The number of para-hydroxylation sites is 1. The normalized spacial score (nSPS) is 10.5. The Morgan fingerprint density at radius 1 is 0.871 bits per heavy atom. The molecule has 0 unspecified atom stereocenters. The number of imidazole rings is 1. The van der Waals surface area contributed by atoms with Crippen molar-refractivity contribution in [1.29, 1.82) is 0 Å². The van der Waals surface area contributed by atoms with Crippen LogP contribution in [0.1, 0.15) is 21.7 Å². The van der Waals surface area contributed by atoms with Crippen LogP contribution in [0.15, 0.2) is 91.3 Å². The number of carbonyl (C=O) groups excluding carboxylic acids is 1. The first-order valence-electron chi connectivity index (χ1n) is 9.94. The van der Waals surface area contributed by atoms with Gasteiger partial charge in [-0.25, -0.2) is 4.98 Å². The Bertz CT molecular complexity index is 1120. The Morgan fingerprint density at radius 3 is 2.23 bits per heavy atom. The van der Waals surface area contributed by atoms with Crippen molar-refractivity contribution in [2.45, 2.75) is 13.2 Å². The smallest absolute Gasteiger partial charge is 0.255 e. The van der Waals surface area contributed by atoms with E-state index in [0.29, 0.717) is 30.2 Å². The number of hydrogen-bond donors (Lipinski definition) is 1. The number of nitrogens with zero attached hydrogens (tertiary/aromatic N) is 2. The van der Waals surface area contributed by atoms with Crippen LogP contribution >= 0.6 is 0 Å². The molecule has 6 heteroatoms. The fraction of sp³-hybridized carbons (Fsp3) is 0.120. The second kappa shape index (κ2) is 9.63. The van der Waals surface area contributed by atoms with Crippen molar-refractivity contribution < 1.29 is 14.3 Å². The van der Waals surface area contributed by atoms with Crippen LogP contribution in [0.2, 0.25) is 0 Å². The molecular weight excluding hydrogens is 390 g/mol. The number of aromatic nitrogens is 2. The van der Waals surface area contributed by atoms with Gasteiger partial charge in [-0.15, -0.1) is 0 Å². The second-order valence-electron chi connectivity index (χ2n) is 7.02. The number of anilines is 1. The molecule has 156 valence electrons. The van der Waals surface area contributed by atoms with E-state index >= 15 is 0 Å². The molecule has 1 N–H and O–H groups in total. The zero-order valence-electron chi connectivity index (χ0n) is 17.2. The van der Waals surface area contributed by atoms with E-state index in [4.69, 9.17) is 9.47 Å². The SMILES string of the molecule is Cn1ccnc1COc1ccc(NC(=O)c2ccc(COc3ccccc3)cc2)cc1. The maximum absolute atomic E-state index is 12.5. The van der Waals surface area contributed by atoms with Crippen molar-refractivity contribution in [3.8, 4) is 11.5 Å². The van der Waals surface area contributed by atoms with Gasteiger partial charge in [0.15, 0.2) is 0 Å². The molecule has 0 spiro atoms. The summed E-state index contributed by atoms with van der Waals surface area (Å²) in [7, 11) is 1.92. The summed E-state index contributed by atoms with van der Waals surface area (Å²) in [6, 6.07) is 24.3. The molecule has 4 aromatic rings. The third-order valence-electron chi connectivity index (χ3n) is 4.77. The van der Waals surface area contributed by atoms with Gasteiger partial charge in [0.1, 0.15) is 30.5 Å². The highest BCUT2D eigenvalue weighted by atomic mass is 16.5. The Kier molecular flexibility index (Phi) is 6.28. The summed E-state index contributed by atoms with van der Waals surface area (Å²) >= 11 is 0. The lowest BCUT2D eigenvalue weighted by atomic mass is 10.1. The van der Waals surface area contributed by atoms with E-state index in [0.717, 1.165) is 17.1 Å². The van der Waals surface area contributed by atoms with E-state index in [2.05, 4.69) is 10.3 Å². The maximum atomic E-state index is 12.5. The fourth-order valence-electron chi connectivity index (χ4n) is 2.96. The number of ether oxygens (including phenoxy) is 2. The van der Waals surface area contributed by atoms with E-state index in [1.54, 1.807) is 18.3 Å². The van der Waals surface area contributed by atoms with Crippen LogP contribution in [0, 0.1) is 0 Å². The summed E-state index contributed by atoms with van der Waals surface area (Å²) in [6.45, 7) is 0.835. The van der Waals surface area contributed by atoms with Gasteiger partial charge in [0.05, 0.1) is 0 Å². The van der Waals surface area contributed by atoms with Crippen LogP contribution in [0.5, 0.6) is 11.5 Å². The Labute approximate surface area is 181 Å². The monoisotopic (exact) mass is 413 g/mol. The zero-order chi connectivity index (χ0) is 21.5. The lowest BCUT2D eigenvalue weighted by Gasteiger charge is -2.09. The van der Waals surface area contributed by atoms with E-state index < -0.39 is 0 Å². The van der Waals surface area contributed by atoms with Crippen LogP contribution < -0.4 is 14.8 Å². The Balaban J connectivity index is 1.29. The molecule has 1 heterocycles. The van der Waals surface area contributed by atoms with Crippen LogP contribution in [0.4, 0.5) is 5.69 Å². The topological polar surface area (TPSA) is 65.4 Å². The lowest BCUT2D eigenvalue weighted by Crippen LogP contribution is -2.12.